The summed E-state index contributed by atoms with van der Waals surface area (Å²) >= 11 is 13.2. The molecule has 0 bridgehead atoms. The van der Waals surface area contributed by atoms with E-state index in [0.717, 1.165) is 26.1 Å². The Morgan fingerprint density at radius 3 is 3.00 bits per heavy atom. The van der Waals surface area contributed by atoms with Gasteiger partial charge in [-0.05, 0) is 18.4 Å². The molecule has 0 saturated carbocycles. The predicted octanol–water partition coefficient (Wildman–Crippen LogP) is 2.49. The van der Waals surface area contributed by atoms with Crippen molar-refractivity contribution in [3.05, 3.63) is 20.3 Å². The van der Waals surface area contributed by atoms with E-state index in [-0.39, 0.29) is 5.91 Å². The van der Waals surface area contributed by atoms with Crippen LogP contribution < -0.4 is 5.32 Å². The Labute approximate surface area is 114 Å². The van der Waals surface area contributed by atoms with Crippen LogP contribution in [0.15, 0.2) is 6.07 Å². The molecule has 1 aromatic heterocycles. The highest BCUT2D eigenvalue weighted by Gasteiger charge is 2.40. The number of rotatable bonds is 1. The molecule has 1 N–H and O–H groups in total. The minimum Gasteiger partial charge on any atom is -0.334 e. The maximum Gasteiger partial charge on any atom is 0.256 e. The molecule has 0 radical (unpaired) electrons. The van der Waals surface area contributed by atoms with Gasteiger partial charge < -0.3 is 10.2 Å². The van der Waals surface area contributed by atoms with Gasteiger partial charge in [0.05, 0.1) is 9.90 Å². The van der Waals surface area contributed by atoms with Gasteiger partial charge in [-0.25, -0.2) is 0 Å². The SMILES string of the molecule is O=C(c1cc(Cl)sc1Cl)N1CC[C@H]2CNC[C@H]21. The standard InChI is InChI=1S/C11H12Cl2N2OS/c12-9-3-7(10(13)17-9)11(16)15-2-1-6-4-14-5-8(6)15/h3,6,8,14H,1-2,4-5H2/t6-,8+/m0/s1. The van der Waals surface area contributed by atoms with E-state index in [2.05, 4.69) is 5.32 Å². The van der Waals surface area contributed by atoms with Crippen LogP contribution in [0.1, 0.15) is 16.8 Å². The highest BCUT2D eigenvalue weighted by atomic mass is 35.5. The van der Waals surface area contributed by atoms with Crippen molar-refractivity contribution in [2.45, 2.75) is 12.5 Å². The lowest BCUT2D eigenvalue weighted by Gasteiger charge is -2.23. The van der Waals surface area contributed by atoms with Crippen LogP contribution in [0, 0.1) is 5.92 Å². The van der Waals surface area contributed by atoms with E-state index in [1.807, 2.05) is 4.90 Å². The van der Waals surface area contributed by atoms with Crippen LogP contribution in [0.25, 0.3) is 0 Å². The molecule has 0 spiro atoms. The molecule has 3 rings (SSSR count). The van der Waals surface area contributed by atoms with Gasteiger partial charge in [-0.1, -0.05) is 23.2 Å². The van der Waals surface area contributed by atoms with Crippen molar-refractivity contribution in [3.8, 4) is 0 Å². The largest absolute Gasteiger partial charge is 0.334 e. The summed E-state index contributed by atoms with van der Waals surface area (Å²) in [4.78, 5) is 14.3. The average Bonchev–Trinajstić information content (AvgIpc) is 2.91. The summed E-state index contributed by atoms with van der Waals surface area (Å²) in [6.07, 6.45) is 1.08. The minimum atomic E-state index is 0.0225. The minimum absolute atomic E-state index is 0.0225. The number of nitrogens with zero attached hydrogens (tertiary/aromatic N) is 1. The normalized spacial score (nSPS) is 27.5. The van der Waals surface area contributed by atoms with Gasteiger partial charge in [0.25, 0.3) is 5.91 Å². The quantitative estimate of drug-likeness (QED) is 0.862. The summed E-state index contributed by atoms with van der Waals surface area (Å²) in [6, 6.07) is 2.00. The van der Waals surface area contributed by atoms with E-state index in [1.165, 1.54) is 11.3 Å². The summed E-state index contributed by atoms with van der Waals surface area (Å²) in [5, 5.41) is 3.33. The molecule has 3 nitrogen and oxygen atoms in total. The second-order valence-corrected chi connectivity index (χ2v) is 6.80. The fraction of sp³-hybridized carbons (Fsp3) is 0.545. The van der Waals surface area contributed by atoms with Crippen LogP contribution >= 0.6 is 34.5 Å². The van der Waals surface area contributed by atoms with Crippen molar-refractivity contribution >= 4 is 40.4 Å². The van der Waals surface area contributed by atoms with Crippen LogP contribution in [0.2, 0.25) is 8.67 Å². The van der Waals surface area contributed by atoms with E-state index in [1.54, 1.807) is 6.07 Å². The lowest BCUT2D eigenvalue weighted by Crippen LogP contribution is -2.39. The van der Waals surface area contributed by atoms with Crippen molar-refractivity contribution in [1.82, 2.24) is 10.2 Å². The van der Waals surface area contributed by atoms with E-state index < -0.39 is 0 Å². The zero-order chi connectivity index (χ0) is 12.0. The maximum atomic E-state index is 12.4. The Balaban J connectivity index is 1.85. The first-order valence-corrected chi connectivity index (χ1v) is 7.20. The number of likely N-dealkylation sites (tertiary alicyclic amines) is 1. The van der Waals surface area contributed by atoms with Crippen LogP contribution in [0.3, 0.4) is 0 Å². The molecule has 2 aliphatic rings. The number of amides is 1. The van der Waals surface area contributed by atoms with Crippen molar-refractivity contribution in [2.24, 2.45) is 5.92 Å². The van der Waals surface area contributed by atoms with Crippen molar-refractivity contribution in [1.29, 1.82) is 0 Å². The van der Waals surface area contributed by atoms with Crippen molar-refractivity contribution < 1.29 is 4.79 Å². The summed E-state index contributed by atoms with van der Waals surface area (Å²) < 4.78 is 1.06. The van der Waals surface area contributed by atoms with E-state index in [4.69, 9.17) is 23.2 Å². The van der Waals surface area contributed by atoms with Gasteiger partial charge in [0.15, 0.2) is 0 Å². The highest BCUT2D eigenvalue weighted by Crippen LogP contribution is 2.35. The van der Waals surface area contributed by atoms with Crippen LogP contribution in [0.4, 0.5) is 0 Å². The molecule has 1 amide bonds. The Morgan fingerprint density at radius 2 is 2.29 bits per heavy atom. The summed E-state index contributed by atoms with van der Waals surface area (Å²) in [5.41, 5.74) is 0.550. The molecule has 3 heterocycles. The number of hydrogen-bond acceptors (Lipinski definition) is 3. The topological polar surface area (TPSA) is 32.3 Å². The smallest absolute Gasteiger partial charge is 0.256 e. The third-order valence-corrected chi connectivity index (χ3v) is 5.08. The first kappa shape index (κ1) is 11.8. The number of hydrogen-bond donors (Lipinski definition) is 1. The van der Waals surface area contributed by atoms with Crippen molar-refractivity contribution in [2.75, 3.05) is 19.6 Å². The number of thiophene rings is 1. The predicted molar refractivity (Wildman–Crippen MR) is 70.1 cm³/mol. The Hall–Kier alpha value is -0.290. The number of fused-ring (bicyclic) bond motifs is 1. The summed E-state index contributed by atoms with van der Waals surface area (Å²) in [6.45, 7) is 2.75. The molecule has 2 aliphatic heterocycles. The van der Waals surface area contributed by atoms with Gasteiger partial charge in [0.2, 0.25) is 0 Å². The van der Waals surface area contributed by atoms with Crippen LogP contribution in [0.5, 0.6) is 0 Å². The van der Waals surface area contributed by atoms with Gasteiger partial charge in [-0.2, -0.15) is 0 Å². The number of carbonyl (C=O) groups excluding carboxylic acids is 1. The fourth-order valence-electron chi connectivity index (χ4n) is 2.74. The monoisotopic (exact) mass is 290 g/mol. The third-order valence-electron chi connectivity index (χ3n) is 3.59. The highest BCUT2D eigenvalue weighted by molar-refractivity contribution is 7.20. The second-order valence-electron chi connectivity index (χ2n) is 4.51. The first-order chi connectivity index (χ1) is 8.16. The number of halogens is 2. The van der Waals surface area contributed by atoms with Gasteiger partial charge in [0.1, 0.15) is 4.34 Å². The fourth-order valence-corrected chi connectivity index (χ4v) is 4.19. The zero-order valence-electron chi connectivity index (χ0n) is 9.08. The average molecular weight is 291 g/mol. The van der Waals surface area contributed by atoms with E-state index in [0.29, 0.717) is 26.2 Å². The molecule has 92 valence electrons. The third kappa shape index (κ3) is 1.97. The molecule has 2 atom stereocenters. The van der Waals surface area contributed by atoms with Crippen LogP contribution in [-0.4, -0.2) is 36.5 Å². The van der Waals surface area contributed by atoms with Gasteiger partial charge in [-0.3, -0.25) is 4.79 Å². The molecular weight excluding hydrogens is 279 g/mol. The molecule has 0 unspecified atom stereocenters. The first-order valence-electron chi connectivity index (χ1n) is 5.63. The van der Waals surface area contributed by atoms with Gasteiger partial charge in [-0.15, -0.1) is 11.3 Å². The number of nitrogens with one attached hydrogen (secondary N) is 1. The van der Waals surface area contributed by atoms with Crippen LogP contribution in [-0.2, 0) is 0 Å². The van der Waals surface area contributed by atoms with E-state index in [9.17, 15) is 4.79 Å². The Kier molecular flexibility index (Phi) is 3.07. The second kappa shape index (κ2) is 4.43. The molecule has 0 aromatic carbocycles. The Morgan fingerprint density at radius 1 is 1.47 bits per heavy atom. The lowest BCUT2D eigenvalue weighted by molar-refractivity contribution is 0.0738. The summed E-state index contributed by atoms with van der Waals surface area (Å²) in [5.74, 6) is 0.626. The lowest BCUT2D eigenvalue weighted by atomic mass is 10.1. The molecule has 2 fully saturated rings. The maximum absolute atomic E-state index is 12.4. The van der Waals surface area contributed by atoms with E-state index >= 15 is 0 Å². The van der Waals surface area contributed by atoms with Crippen molar-refractivity contribution in [3.63, 3.8) is 0 Å². The van der Waals surface area contributed by atoms with Gasteiger partial charge >= 0.3 is 0 Å². The molecule has 1 aromatic rings. The molecule has 6 heteroatoms. The number of carbonyl (C=O) groups is 1. The summed E-state index contributed by atoms with van der Waals surface area (Å²) in [7, 11) is 0. The zero-order valence-corrected chi connectivity index (χ0v) is 11.4. The molecule has 17 heavy (non-hydrogen) atoms. The Bertz CT molecular complexity index is 462. The van der Waals surface area contributed by atoms with Gasteiger partial charge in [0, 0.05) is 25.7 Å². The molecule has 2 saturated heterocycles. The molecular formula is C11H12Cl2N2OS. The molecule has 0 aliphatic carbocycles.